The average molecular weight is 513 g/mol. The van der Waals surface area contributed by atoms with E-state index in [9.17, 15) is 18.4 Å². The fourth-order valence-corrected chi connectivity index (χ4v) is 4.20. The van der Waals surface area contributed by atoms with Crippen molar-refractivity contribution in [3.05, 3.63) is 71.1 Å². The SMILES string of the molecule is CCCCN(C(=O)c1ccc(F)c(F)c1)c1nc2n(c1OC(=O)NCc1cccc(OC)c1)CCCC2. The number of aromatic nitrogens is 2. The van der Waals surface area contributed by atoms with E-state index >= 15 is 0 Å². The molecule has 2 heterocycles. The highest BCUT2D eigenvalue weighted by Crippen LogP contribution is 2.34. The van der Waals surface area contributed by atoms with Gasteiger partial charge >= 0.3 is 6.09 Å². The summed E-state index contributed by atoms with van der Waals surface area (Å²) in [4.78, 5) is 32.3. The zero-order valence-electron chi connectivity index (χ0n) is 20.9. The van der Waals surface area contributed by atoms with Crippen LogP contribution >= 0.6 is 0 Å². The number of carbonyl (C=O) groups excluding carboxylic acids is 2. The number of nitrogens with one attached hydrogen (secondary N) is 1. The number of hydrogen-bond donors (Lipinski definition) is 1. The van der Waals surface area contributed by atoms with E-state index in [4.69, 9.17) is 9.47 Å². The molecule has 2 amide bonds. The lowest BCUT2D eigenvalue weighted by Gasteiger charge is -2.22. The second-order valence-electron chi connectivity index (χ2n) is 8.80. The van der Waals surface area contributed by atoms with E-state index < -0.39 is 23.6 Å². The molecule has 10 heteroatoms. The van der Waals surface area contributed by atoms with Crippen LogP contribution in [0.15, 0.2) is 42.5 Å². The molecule has 0 radical (unpaired) electrons. The monoisotopic (exact) mass is 512 g/mol. The molecule has 0 saturated carbocycles. The highest BCUT2D eigenvalue weighted by atomic mass is 19.2. The summed E-state index contributed by atoms with van der Waals surface area (Å²) in [6.45, 7) is 3.04. The third-order valence-corrected chi connectivity index (χ3v) is 6.18. The van der Waals surface area contributed by atoms with Gasteiger partial charge in [-0.3, -0.25) is 14.3 Å². The first kappa shape index (κ1) is 26.1. The van der Waals surface area contributed by atoms with E-state index in [1.54, 1.807) is 17.7 Å². The number of anilines is 1. The molecule has 3 aromatic rings. The summed E-state index contributed by atoms with van der Waals surface area (Å²) in [5, 5.41) is 2.73. The van der Waals surface area contributed by atoms with Crippen LogP contribution in [0.25, 0.3) is 0 Å². The number of unbranched alkanes of at least 4 members (excludes halogenated alkanes) is 1. The van der Waals surface area contributed by atoms with Gasteiger partial charge in [-0.1, -0.05) is 25.5 Å². The summed E-state index contributed by atoms with van der Waals surface area (Å²) in [7, 11) is 1.57. The van der Waals surface area contributed by atoms with E-state index in [1.807, 2.05) is 25.1 Å². The average Bonchev–Trinajstić information content (AvgIpc) is 3.27. The molecule has 0 unspecified atom stereocenters. The molecular formula is C27H30F2N4O4. The standard InChI is InChI=1S/C27H30F2N4O4/c1-3-4-13-33(25(34)19-11-12-21(28)22(29)16-19)24-26(32-14-6-5-10-23(32)31-24)37-27(35)30-17-18-8-7-9-20(15-18)36-2/h7-9,11-12,15-16H,3-6,10,13-14,17H2,1-2H3,(H,30,35). The molecule has 4 rings (SSSR count). The molecule has 37 heavy (non-hydrogen) atoms. The topological polar surface area (TPSA) is 85.7 Å². The van der Waals surface area contributed by atoms with Crippen molar-refractivity contribution in [2.75, 3.05) is 18.6 Å². The number of ether oxygens (including phenoxy) is 2. The number of methoxy groups -OCH3 is 1. The normalized spacial score (nSPS) is 12.5. The predicted octanol–water partition coefficient (Wildman–Crippen LogP) is 5.24. The van der Waals surface area contributed by atoms with Crippen LogP contribution in [0.2, 0.25) is 0 Å². The summed E-state index contributed by atoms with van der Waals surface area (Å²) < 4.78 is 40.2. The third-order valence-electron chi connectivity index (χ3n) is 6.18. The lowest BCUT2D eigenvalue weighted by Crippen LogP contribution is -2.34. The van der Waals surface area contributed by atoms with Crippen LogP contribution < -0.4 is 19.7 Å². The van der Waals surface area contributed by atoms with Crippen molar-refractivity contribution in [1.29, 1.82) is 0 Å². The predicted molar refractivity (Wildman–Crippen MR) is 134 cm³/mol. The molecule has 1 aliphatic rings. The Labute approximate surface area is 214 Å². The first-order valence-corrected chi connectivity index (χ1v) is 12.4. The number of halogens is 2. The van der Waals surface area contributed by atoms with Gasteiger partial charge in [0.25, 0.3) is 5.91 Å². The number of benzene rings is 2. The molecule has 0 bridgehead atoms. The van der Waals surface area contributed by atoms with E-state index in [2.05, 4.69) is 10.3 Å². The van der Waals surface area contributed by atoms with Gasteiger partial charge in [-0.2, -0.15) is 0 Å². The van der Waals surface area contributed by atoms with Crippen molar-refractivity contribution in [2.45, 2.75) is 52.1 Å². The maximum Gasteiger partial charge on any atom is 0.414 e. The maximum atomic E-state index is 13.9. The Morgan fingerprint density at radius 1 is 1.14 bits per heavy atom. The van der Waals surface area contributed by atoms with Gasteiger partial charge in [0.2, 0.25) is 5.88 Å². The van der Waals surface area contributed by atoms with E-state index in [-0.39, 0.29) is 30.4 Å². The Bertz CT molecular complexity index is 1280. The van der Waals surface area contributed by atoms with Crippen molar-refractivity contribution >= 4 is 17.8 Å². The second kappa shape index (κ2) is 11.9. The zero-order chi connectivity index (χ0) is 26.4. The summed E-state index contributed by atoms with van der Waals surface area (Å²) in [5.74, 6) is -0.978. The highest BCUT2D eigenvalue weighted by Gasteiger charge is 2.30. The van der Waals surface area contributed by atoms with Crippen LogP contribution in [0.3, 0.4) is 0 Å². The first-order valence-electron chi connectivity index (χ1n) is 12.4. The number of fused-ring (bicyclic) bond motifs is 1. The fraction of sp³-hybridized carbons (Fsp3) is 0.370. The minimum Gasteiger partial charge on any atom is -0.497 e. The molecule has 1 aliphatic heterocycles. The first-order chi connectivity index (χ1) is 17.9. The smallest absolute Gasteiger partial charge is 0.414 e. The van der Waals surface area contributed by atoms with Gasteiger partial charge in [-0.05, 0) is 55.2 Å². The Morgan fingerprint density at radius 2 is 1.97 bits per heavy atom. The Morgan fingerprint density at radius 3 is 2.73 bits per heavy atom. The Hall–Kier alpha value is -3.95. The number of hydrogen-bond acceptors (Lipinski definition) is 5. The van der Waals surface area contributed by atoms with E-state index in [0.29, 0.717) is 31.0 Å². The van der Waals surface area contributed by atoms with Crippen molar-refractivity contribution in [1.82, 2.24) is 14.9 Å². The molecule has 0 spiro atoms. The molecule has 1 N–H and O–H groups in total. The minimum atomic E-state index is -1.11. The lowest BCUT2D eigenvalue weighted by atomic mass is 10.1. The molecule has 8 nitrogen and oxygen atoms in total. The van der Waals surface area contributed by atoms with E-state index in [1.165, 1.54) is 11.0 Å². The summed E-state index contributed by atoms with van der Waals surface area (Å²) >= 11 is 0. The molecule has 1 aromatic heterocycles. The van der Waals surface area contributed by atoms with Gasteiger partial charge in [0.05, 0.1) is 7.11 Å². The Balaban J connectivity index is 1.62. The highest BCUT2D eigenvalue weighted by molar-refractivity contribution is 6.06. The zero-order valence-corrected chi connectivity index (χ0v) is 20.9. The number of imidazole rings is 1. The van der Waals surface area contributed by atoms with Crippen molar-refractivity contribution < 1.29 is 27.8 Å². The molecule has 0 atom stereocenters. The van der Waals surface area contributed by atoms with Gasteiger partial charge in [0, 0.05) is 31.6 Å². The molecule has 0 saturated heterocycles. The van der Waals surface area contributed by atoms with Crippen LogP contribution in [0.4, 0.5) is 19.4 Å². The van der Waals surface area contributed by atoms with Gasteiger partial charge in [-0.25, -0.2) is 18.6 Å². The van der Waals surface area contributed by atoms with Crippen LogP contribution in [0.1, 0.15) is 54.4 Å². The van der Waals surface area contributed by atoms with Gasteiger partial charge in [-0.15, -0.1) is 0 Å². The number of nitrogens with zero attached hydrogens (tertiary/aromatic N) is 3. The molecule has 0 fully saturated rings. The number of aryl methyl sites for hydroxylation is 1. The van der Waals surface area contributed by atoms with Gasteiger partial charge < -0.3 is 14.8 Å². The minimum absolute atomic E-state index is 0.0191. The summed E-state index contributed by atoms with van der Waals surface area (Å²) in [6.07, 6.45) is 3.18. The summed E-state index contributed by atoms with van der Waals surface area (Å²) in [6, 6.07) is 10.3. The third kappa shape index (κ3) is 6.07. The largest absolute Gasteiger partial charge is 0.497 e. The van der Waals surface area contributed by atoms with Crippen molar-refractivity contribution in [3.63, 3.8) is 0 Å². The van der Waals surface area contributed by atoms with Gasteiger partial charge in [0.1, 0.15) is 11.6 Å². The van der Waals surface area contributed by atoms with Crippen LogP contribution in [0, 0.1) is 11.6 Å². The molecule has 2 aromatic carbocycles. The lowest BCUT2D eigenvalue weighted by molar-refractivity contribution is 0.0984. The van der Waals surface area contributed by atoms with Crippen molar-refractivity contribution in [2.24, 2.45) is 0 Å². The van der Waals surface area contributed by atoms with Crippen molar-refractivity contribution in [3.8, 4) is 11.6 Å². The second-order valence-corrected chi connectivity index (χ2v) is 8.80. The molecule has 196 valence electrons. The van der Waals surface area contributed by atoms with E-state index in [0.717, 1.165) is 37.0 Å². The Kier molecular flexibility index (Phi) is 8.37. The van der Waals surface area contributed by atoms with Crippen LogP contribution in [0.5, 0.6) is 11.6 Å². The van der Waals surface area contributed by atoms with Crippen LogP contribution in [-0.4, -0.2) is 35.2 Å². The quantitative estimate of drug-likeness (QED) is 0.424. The maximum absolute atomic E-state index is 13.9. The molecule has 0 aliphatic carbocycles. The number of amides is 2. The summed E-state index contributed by atoms with van der Waals surface area (Å²) in [5.41, 5.74) is 0.805. The number of rotatable bonds is 9. The van der Waals surface area contributed by atoms with Gasteiger partial charge in [0.15, 0.2) is 17.5 Å². The molecular weight excluding hydrogens is 482 g/mol. The van der Waals surface area contributed by atoms with Crippen LogP contribution in [-0.2, 0) is 19.5 Å². The fourth-order valence-electron chi connectivity index (χ4n) is 4.20. The number of carbonyl (C=O) groups is 2.